The van der Waals surface area contributed by atoms with E-state index >= 15 is 0 Å². The van der Waals surface area contributed by atoms with Gasteiger partial charge in [0.1, 0.15) is 0 Å². The summed E-state index contributed by atoms with van der Waals surface area (Å²) in [6.07, 6.45) is 1.71. The molecule has 1 heterocycles. The van der Waals surface area contributed by atoms with Crippen molar-refractivity contribution in [1.29, 1.82) is 0 Å². The summed E-state index contributed by atoms with van der Waals surface area (Å²) in [5.74, 6) is 0.719. The minimum absolute atomic E-state index is 0.218. The van der Waals surface area contributed by atoms with Crippen molar-refractivity contribution in [3.05, 3.63) is 23.3 Å². The number of nitrogens with zero attached hydrogens (tertiary/aromatic N) is 1. The largest absolute Gasteiger partial charge is 0.398 e. The Bertz CT molecular complexity index is 454. The zero-order valence-electron chi connectivity index (χ0n) is 10.8. The lowest BCUT2D eigenvalue weighted by molar-refractivity contribution is -0.120. The molecule has 3 heteroatoms. The van der Waals surface area contributed by atoms with Gasteiger partial charge in [-0.1, -0.05) is 13.0 Å². The molecule has 1 atom stereocenters. The maximum absolute atomic E-state index is 12.0. The maximum Gasteiger partial charge on any atom is 0.227 e. The Morgan fingerprint density at radius 2 is 2.00 bits per heavy atom. The Balaban J connectivity index is 2.34. The summed E-state index contributed by atoms with van der Waals surface area (Å²) < 4.78 is 0. The van der Waals surface area contributed by atoms with Gasteiger partial charge >= 0.3 is 0 Å². The highest BCUT2D eigenvalue weighted by Crippen LogP contribution is 2.30. The molecule has 1 aliphatic heterocycles. The van der Waals surface area contributed by atoms with Gasteiger partial charge in [0.25, 0.3) is 0 Å². The average molecular weight is 232 g/mol. The third-order valence-corrected chi connectivity index (χ3v) is 3.55. The Kier molecular flexibility index (Phi) is 3.09. The lowest BCUT2D eigenvalue weighted by atomic mass is 9.97. The molecule has 1 aromatic carbocycles. The summed E-state index contributed by atoms with van der Waals surface area (Å²) in [6.45, 7) is 6.97. The first-order valence-corrected chi connectivity index (χ1v) is 6.16. The Morgan fingerprint density at radius 1 is 1.29 bits per heavy atom. The van der Waals surface area contributed by atoms with Gasteiger partial charge in [-0.05, 0) is 43.4 Å². The quantitative estimate of drug-likeness (QED) is 0.757. The van der Waals surface area contributed by atoms with E-state index in [2.05, 4.69) is 13.0 Å². The first-order valence-electron chi connectivity index (χ1n) is 6.16. The van der Waals surface area contributed by atoms with Crippen molar-refractivity contribution in [2.45, 2.75) is 33.6 Å². The highest BCUT2D eigenvalue weighted by atomic mass is 16.2. The van der Waals surface area contributed by atoms with Crippen LogP contribution in [0, 0.1) is 19.8 Å². The van der Waals surface area contributed by atoms with Crippen LogP contribution in [0.25, 0.3) is 0 Å². The molecule has 1 aromatic rings. The normalized spacial score (nSPS) is 20.8. The minimum Gasteiger partial charge on any atom is -0.398 e. The van der Waals surface area contributed by atoms with Crippen molar-refractivity contribution in [2.75, 3.05) is 17.2 Å². The molecule has 17 heavy (non-hydrogen) atoms. The predicted octanol–water partition coefficient (Wildman–Crippen LogP) is 2.65. The fourth-order valence-electron chi connectivity index (χ4n) is 2.39. The summed E-state index contributed by atoms with van der Waals surface area (Å²) in [7, 11) is 0. The summed E-state index contributed by atoms with van der Waals surface area (Å²) >= 11 is 0. The standard InChI is InChI=1S/C14H20N2O/c1-9-4-5-16(14(17)6-9)13-8-12(15)10(2)7-11(13)3/h7-9H,4-6,15H2,1-3H3. The topological polar surface area (TPSA) is 46.3 Å². The van der Waals surface area contributed by atoms with Crippen molar-refractivity contribution in [1.82, 2.24) is 0 Å². The van der Waals surface area contributed by atoms with Crippen LogP contribution in [0.15, 0.2) is 12.1 Å². The zero-order chi connectivity index (χ0) is 12.6. The van der Waals surface area contributed by atoms with Crippen LogP contribution >= 0.6 is 0 Å². The van der Waals surface area contributed by atoms with E-state index in [4.69, 9.17) is 5.73 Å². The molecule has 2 rings (SSSR count). The van der Waals surface area contributed by atoms with Gasteiger partial charge in [-0.25, -0.2) is 0 Å². The van der Waals surface area contributed by atoms with E-state index in [0.717, 1.165) is 35.5 Å². The third kappa shape index (κ3) is 2.28. The summed E-state index contributed by atoms with van der Waals surface area (Å²) in [5.41, 5.74) is 9.87. The van der Waals surface area contributed by atoms with Crippen LogP contribution in [-0.2, 0) is 4.79 Å². The first kappa shape index (κ1) is 12.0. The number of carbonyl (C=O) groups excluding carboxylic acids is 1. The van der Waals surface area contributed by atoms with Gasteiger partial charge < -0.3 is 10.6 Å². The number of nitrogen functional groups attached to an aromatic ring is 1. The Morgan fingerprint density at radius 3 is 2.65 bits per heavy atom. The molecule has 0 saturated carbocycles. The van der Waals surface area contributed by atoms with Gasteiger partial charge in [0, 0.05) is 24.3 Å². The van der Waals surface area contributed by atoms with Crippen LogP contribution in [0.2, 0.25) is 0 Å². The number of amides is 1. The number of hydrogen-bond acceptors (Lipinski definition) is 2. The molecule has 1 unspecified atom stereocenters. The summed E-state index contributed by atoms with van der Waals surface area (Å²) in [4.78, 5) is 13.9. The molecule has 2 N–H and O–H groups in total. The molecular formula is C14H20N2O. The van der Waals surface area contributed by atoms with E-state index < -0.39 is 0 Å². The Labute approximate surface area is 103 Å². The van der Waals surface area contributed by atoms with Crippen molar-refractivity contribution in [3.63, 3.8) is 0 Å². The lowest BCUT2D eigenvalue weighted by Gasteiger charge is -2.31. The minimum atomic E-state index is 0.218. The fraction of sp³-hybridized carbons (Fsp3) is 0.500. The van der Waals surface area contributed by atoms with Crippen molar-refractivity contribution < 1.29 is 4.79 Å². The van der Waals surface area contributed by atoms with Gasteiger partial charge in [0.2, 0.25) is 5.91 Å². The van der Waals surface area contributed by atoms with Crippen LogP contribution in [0.1, 0.15) is 30.9 Å². The maximum atomic E-state index is 12.0. The van der Waals surface area contributed by atoms with Gasteiger partial charge in [-0.3, -0.25) is 4.79 Å². The number of rotatable bonds is 1. The van der Waals surface area contributed by atoms with E-state index in [1.807, 2.05) is 24.8 Å². The Hall–Kier alpha value is -1.51. The van der Waals surface area contributed by atoms with E-state index in [-0.39, 0.29) is 5.91 Å². The smallest absolute Gasteiger partial charge is 0.227 e. The monoisotopic (exact) mass is 232 g/mol. The number of anilines is 2. The highest BCUT2D eigenvalue weighted by Gasteiger charge is 2.25. The summed E-state index contributed by atoms with van der Waals surface area (Å²) in [5, 5.41) is 0. The molecule has 0 aliphatic carbocycles. The molecule has 92 valence electrons. The first-order chi connectivity index (χ1) is 7.99. The second-order valence-corrected chi connectivity index (χ2v) is 5.14. The average Bonchev–Trinajstić information content (AvgIpc) is 2.24. The molecule has 0 aromatic heterocycles. The second kappa shape index (κ2) is 4.40. The van der Waals surface area contributed by atoms with E-state index in [0.29, 0.717) is 12.3 Å². The fourth-order valence-corrected chi connectivity index (χ4v) is 2.39. The van der Waals surface area contributed by atoms with E-state index in [1.54, 1.807) is 0 Å². The molecule has 0 spiro atoms. The van der Waals surface area contributed by atoms with Crippen LogP contribution < -0.4 is 10.6 Å². The molecule has 1 saturated heterocycles. The van der Waals surface area contributed by atoms with Crippen LogP contribution in [0.4, 0.5) is 11.4 Å². The van der Waals surface area contributed by atoms with Crippen LogP contribution in [-0.4, -0.2) is 12.5 Å². The van der Waals surface area contributed by atoms with Gasteiger partial charge in [0.15, 0.2) is 0 Å². The van der Waals surface area contributed by atoms with Crippen molar-refractivity contribution in [2.24, 2.45) is 5.92 Å². The molecular weight excluding hydrogens is 212 g/mol. The third-order valence-electron chi connectivity index (χ3n) is 3.55. The number of benzene rings is 1. The molecule has 3 nitrogen and oxygen atoms in total. The van der Waals surface area contributed by atoms with E-state index in [9.17, 15) is 4.79 Å². The van der Waals surface area contributed by atoms with Gasteiger partial charge in [-0.2, -0.15) is 0 Å². The van der Waals surface area contributed by atoms with Gasteiger partial charge in [-0.15, -0.1) is 0 Å². The predicted molar refractivity (Wildman–Crippen MR) is 71.1 cm³/mol. The SMILES string of the molecule is Cc1cc(C)c(N2CCC(C)CC2=O)cc1N. The van der Waals surface area contributed by atoms with Crippen molar-refractivity contribution in [3.8, 4) is 0 Å². The van der Waals surface area contributed by atoms with E-state index in [1.165, 1.54) is 0 Å². The number of aryl methyl sites for hydroxylation is 2. The van der Waals surface area contributed by atoms with Crippen LogP contribution in [0.5, 0.6) is 0 Å². The highest BCUT2D eigenvalue weighted by molar-refractivity contribution is 5.95. The molecule has 0 bridgehead atoms. The molecule has 1 aliphatic rings. The number of carbonyl (C=O) groups is 1. The van der Waals surface area contributed by atoms with Gasteiger partial charge in [0.05, 0.1) is 0 Å². The summed E-state index contributed by atoms with van der Waals surface area (Å²) in [6, 6.07) is 3.98. The number of hydrogen-bond donors (Lipinski definition) is 1. The van der Waals surface area contributed by atoms with Crippen LogP contribution in [0.3, 0.4) is 0 Å². The molecule has 1 fully saturated rings. The zero-order valence-corrected chi connectivity index (χ0v) is 10.8. The molecule has 0 radical (unpaired) electrons. The number of nitrogens with two attached hydrogens (primary N) is 1. The molecule has 1 amide bonds. The number of piperidine rings is 1. The second-order valence-electron chi connectivity index (χ2n) is 5.14. The lowest BCUT2D eigenvalue weighted by Crippen LogP contribution is -2.38. The van der Waals surface area contributed by atoms with Crippen molar-refractivity contribution >= 4 is 17.3 Å².